The van der Waals surface area contributed by atoms with Gasteiger partial charge in [0.05, 0.1) is 13.2 Å². The molecular formula is C11H18N4O2. The molecule has 1 atom stereocenters. The molecule has 1 aromatic rings. The summed E-state index contributed by atoms with van der Waals surface area (Å²) in [7, 11) is 3.39. The minimum atomic E-state index is -0.290. The van der Waals surface area contributed by atoms with E-state index < -0.39 is 0 Å². The summed E-state index contributed by atoms with van der Waals surface area (Å²) < 4.78 is 5.35. The maximum Gasteiger partial charge on any atom is 0.204 e. The van der Waals surface area contributed by atoms with Crippen molar-refractivity contribution < 1.29 is 9.84 Å². The molecule has 1 unspecified atom stereocenters. The fourth-order valence-electron chi connectivity index (χ4n) is 2.10. The van der Waals surface area contributed by atoms with Gasteiger partial charge in [-0.2, -0.15) is 0 Å². The SMILES string of the molecule is CNc1ncnc(N2CCCC(O)C2)c1OC. The van der Waals surface area contributed by atoms with Crippen molar-refractivity contribution in [1.29, 1.82) is 0 Å². The number of hydrogen-bond donors (Lipinski definition) is 2. The molecule has 6 heteroatoms. The predicted molar refractivity (Wildman–Crippen MR) is 65.6 cm³/mol. The first-order valence-electron chi connectivity index (χ1n) is 5.76. The maximum atomic E-state index is 9.69. The van der Waals surface area contributed by atoms with Crippen molar-refractivity contribution in [2.24, 2.45) is 0 Å². The third-order valence-corrected chi connectivity index (χ3v) is 2.92. The smallest absolute Gasteiger partial charge is 0.204 e. The number of methoxy groups -OCH3 is 1. The minimum absolute atomic E-state index is 0.290. The highest BCUT2D eigenvalue weighted by atomic mass is 16.5. The van der Waals surface area contributed by atoms with Crippen LogP contribution in [0.3, 0.4) is 0 Å². The van der Waals surface area contributed by atoms with Gasteiger partial charge in [-0.15, -0.1) is 0 Å². The average molecular weight is 238 g/mol. The largest absolute Gasteiger partial charge is 0.490 e. The number of nitrogens with zero attached hydrogens (tertiary/aromatic N) is 3. The Bertz CT molecular complexity index is 386. The van der Waals surface area contributed by atoms with Gasteiger partial charge < -0.3 is 20.1 Å². The highest BCUT2D eigenvalue weighted by Crippen LogP contribution is 2.32. The molecule has 1 fully saturated rings. The highest BCUT2D eigenvalue weighted by molar-refractivity contribution is 5.64. The standard InChI is InChI=1S/C11H18N4O2/c1-12-10-9(17-2)11(14-7-13-10)15-5-3-4-8(16)6-15/h7-8,16H,3-6H2,1-2H3,(H,12,13,14). The lowest BCUT2D eigenvalue weighted by molar-refractivity contribution is 0.153. The lowest BCUT2D eigenvalue weighted by Gasteiger charge is -2.31. The second kappa shape index (κ2) is 5.18. The summed E-state index contributed by atoms with van der Waals surface area (Å²) in [6.07, 6.45) is 3.03. The Morgan fingerprint density at radius 2 is 2.35 bits per heavy atom. The third-order valence-electron chi connectivity index (χ3n) is 2.92. The Morgan fingerprint density at radius 3 is 3.00 bits per heavy atom. The third kappa shape index (κ3) is 2.41. The van der Waals surface area contributed by atoms with Crippen LogP contribution >= 0.6 is 0 Å². The lowest BCUT2D eigenvalue weighted by Crippen LogP contribution is -2.39. The van der Waals surface area contributed by atoms with Crippen LogP contribution in [0, 0.1) is 0 Å². The van der Waals surface area contributed by atoms with E-state index in [1.165, 1.54) is 6.33 Å². The molecule has 0 aliphatic carbocycles. The molecule has 1 saturated heterocycles. The van der Waals surface area contributed by atoms with Crippen LogP contribution < -0.4 is 15.0 Å². The number of nitrogens with one attached hydrogen (secondary N) is 1. The van der Waals surface area contributed by atoms with Gasteiger partial charge in [0.15, 0.2) is 11.6 Å². The van der Waals surface area contributed by atoms with Crippen LogP contribution in [-0.4, -0.2) is 48.4 Å². The van der Waals surface area contributed by atoms with Gasteiger partial charge in [0.25, 0.3) is 0 Å². The van der Waals surface area contributed by atoms with Gasteiger partial charge in [-0.25, -0.2) is 9.97 Å². The summed E-state index contributed by atoms with van der Waals surface area (Å²) in [6.45, 7) is 1.48. The molecule has 0 bridgehead atoms. The topological polar surface area (TPSA) is 70.5 Å². The van der Waals surface area contributed by atoms with E-state index in [9.17, 15) is 5.11 Å². The van der Waals surface area contributed by atoms with Crippen LogP contribution in [0.2, 0.25) is 0 Å². The van der Waals surface area contributed by atoms with Gasteiger partial charge in [0.1, 0.15) is 6.33 Å². The fourth-order valence-corrected chi connectivity index (χ4v) is 2.10. The van der Waals surface area contributed by atoms with Crippen molar-refractivity contribution in [2.45, 2.75) is 18.9 Å². The number of aliphatic hydroxyl groups is 1. The number of β-amino-alcohol motifs (C(OH)–C–C–N with tert-alkyl or cyclic N) is 1. The van der Waals surface area contributed by atoms with E-state index in [-0.39, 0.29) is 6.10 Å². The fraction of sp³-hybridized carbons (Fsp3) is 0.636. The number of ether oxygens (including phenoxy) is 1. The molecule has 94 valence electrons. The van der Waals surface area contributed by atoms with E-state index in [2.05, 4.69) is 15.3 Å². The van der Waals surface area contributed by atoms with Gasteiger partial charge >= 0.3 is 0 Å². The van der Waals surface area contributed by atoms with Gasteiger partial charge in [0, 0.05) is 20.1 Å². The van der Waals surface area contributed by atoms with E-state index in [1.807, 2.05) is 4.90 Å². The number of aliphatic hydroxyl groups excluding tert-OH is 1. The van der Waals surface area contributed by atoms with E-state index >= 15 is 0 Å². The zero-order valence-corrected chi connectivity index (χ0v) is 10.2. The predicted octanol–water partition coefficient (Wildman–Crippen LogP) is 0.488. The van der Waals surface area contributed by atoms with Crippen molar-refractivity contribution in [3.05, 3.63) is 6.33 Å². The van der Waals surface area contributed by atoms with Crippen LogP contribution in [0.5, 0.6) is 5.75 Å². The number of piperidine rings is 1. The molecule has 1 aliphatic heterocycles. The van der Waals surface area contributed by atoms with Crippen LogP contribution in [0.25, 0.3) is 0 Å². The van der Waals surface area contributed by atoms with Gasteiger partial charge in [-0.3, -0.25) is 0 Å². The average Bonchev–Trinajstić information content (AvgIpc) is 2.37. The molecule has 2 heterocycles. The molecule has 0 radical (unpaired) electrons. The minimum Gasteiger partial charge on any atom is -0.490 e. The van der Waals surface area contributed by atoms with Crippen molar-refractivity contribution in [1.82, 2.24) is 9.97 Å². The Labute approximate surface area is 101 Å². The molecule has 2 rings (SSSR count). The summed E-state index contributed by atoms with van der Waals surface area (Å²) in [5.41, 5.74) is 0. The van der Waals surface area contributed by atoms with Crippen molar-refractivity contribution in [3.63, 3.8) is 0 Å². The number of hydrogen-bond acceptors (Lipinski definition) is 6. The van der Waals surface area contributed by atoms with Gasteiger partial charge in [-0.1, -0.05) is 0 Å². The van der Waals surface area contributed by atoms with Crippen molar-refractivity contribution >= 4 is 11.6 Å². The summed E-state index contributed by atoms with van der Waals surface area (Å²) >= 11 is 0. The second-order valence-corrected chi connectivity index (χ2v) is 4.07. The second-order valence-electron chi connectivity index (χ2n) is 4.07. The molecule has 0 spiro atoms. The molecule has 2 N–H and O–H groups in total. The Balaban J connectivity index is 2.30. The first-order chi connectivity index (χ1) is 8.26. The van der Waals surface area contributed by atoms with Crippen LogP contribution in [0.15, 0.2) is 6.33 Å². The quantitative estimate of drug-likeness (QED) is 0.798. The Hall–Kier alpha value is -1.56. The van der Waals surface area contributed by atoms with Crippen LogP contribution in [0.1, 0.15) is 12.8 Å². The molecule has 1 aliphatic rings. The zero-order valence-electron chi connectivity index (χ0n) is 10.2. The summed E-state index contributed by atoms with van der Waals surface area (Å²) in [5.74, 6) is 2.03. The number of aromatic nitrogens is 2. The molecule has 17 heavy (non-hydrogen) atoms. The van der Waals surface area contributed by atoms with Gasteiger partial charge in [-0.05, 0) is 12.8 Å². The number of rotatable bonds is 3. The van der Waals surface area contributed by atoms with E-state index in [4.69, 9.17) is 4.74 Å². The molecule has 0 amide bonds. The molecule has 0 saturated carbocycles. The lowest BCUT2D eigenvalue weighted by atomic mass is 10.1. The monoisotopic (exact) mass is 238 g/mol. The highest BCUT2D eigenvalue weighted by Gasteiger charge is 2.23. The molecule has 6 nitrogen and oxygen atoms in total. The van der Waals surface area contributed by atoms with Crippen LogP contribution in [-0.2, 0) is 0 Å². The zero-order chi connectivity index (χ0) is 12.3. The Morgan fingerprint density at radius 1 is 1.53 bits per heavy atom. The Kier molecular flexibility index (Phi) is 3.63. The van der Waals surface area contributed by atoms with Crippen molar-refractivity contribution in [3.8, 4) is 5.75 Å². The summed E-state index contributed by atoms with van der Waals surface area (Å²) in [6, 6.07) is 0. The maximum absolute atomic E-state index is 9.69. The summed E-state index contributed by atoms with van der Waals surface area (Å²) in [4.78, 5) is 10.4. The van der Waals surface area contributed by atoms with E-state index in [1.54, 1.807) is 14.2 Å². The molecule has 1 aromatic heterocycles. The molecular weight excluding hydrogens is 220 g/mol. The molecule has 0 aromatic carbocycles. The van der Waals surface area contributed by atoms with Gasteiger partial charge in [0.2, 0.25) is 5.75 Å². The first kappa shape index (κ1) is 11.9. The van der Waals surface area contributed by atoms with E-state index in [0.717, 1.165) is 25.2 Å². The normalized spacial score (nSPS) is 20.2. The summed E-state index contributed by atoms with van der Waals surface area (Å²) in [5, 5.41) is 12.7. The van der Waals surface area contributed by atoms with Crippen molar-refractivity contribution in [2.75, 3.05) is 37.5 Å². The number of anilines is 2. The van der Waals surface area contributed by atoms with E-state index in [0.29, 0.717) is 18.1 Å². The first-order valence-corrected chi connectivity index (χ1v) is 5.76. The van der Waals surface area contributed by atoms with Crippen LogP contribution in [0.4, 0.5) is 11.6 Å².